The average Bonchev–Trinajstić information content (AvgIpc) is 3.34. The zero-order valence-corrected chi connectivity index (χ0v) is 21.5. The van der Waals surface area contributed by atoms with Crippen LogP contribution in [0.5, 0.6) is 0 Å². The van der Waals surface area contributed by atoms with Gasteiger partial charge in [-0.3, -0.25) is 9.69 Å². The molecule has 0 aliphatic carbocycles. The van der Waals surface area contributed by atoms with E-state index >= 15 is 0 Å². The molecule has 0 amide bonds. The van der Waals surface area contributed by atoms with Gasteiger partial charge in [-0.15, -0.1) is 11.3 Å². The number of rotatable bonds is 8. The second-order valence-corrected chi connectivity index (χ2v) is 10.3. The summed E-state index contributed by atoms with van der Waals surface area (Å²) in [6, 6.07) is 20.7. The molecule has 0 saturated carbocycles. The zero-order valence-electron chi connectivity index (χ0n) is 20.7. The molecule has 1 fully saturated rings. The number of nitrogens with one attached hydrogen (secondary N) is 1. The first-order valence-corrected chi connectivity index (χ1v) is 13.1. The third-order valence-electron chi connectivity index (χ3n) is 6.52. The normalized spacial score (nSPS) is 15.6. The molecule has 0 spiro atoms. The Kier molecular flexibility index (Phi) is 7.55. The summed E-state index contributed by atoms with van der Waals surface area (Å²) in [5.41, 5.74) is 4.43. The lowest BCUT2D eigenvalue weighted by molar-refractivity contribution is -0.141. The van der Waals surface area contributed by atoms with Crippen LogP contribution in [0.4, 0.5) is 5.82 Å². The molecule has 1 atom stereocenters. The Bertz CT molecular complexity index is 1300. The number of hydrogen-bond acceptors (Lipinski definition) is 8. The van der Waals surface area contributed by atoms with Gasteiger partial charge >= 0.3 is 5.97 Å². The Morgan fingerprint density at radius 1 is 1.06 bits per heavy atom. The molecule has 1 saturated heterocycles. The lowest BCUT2D eigenvalue weighted by Crippen LogP contribution is -2.43. The van der Waals surface area contributed by atoms with Crippen LogP contribution in [0.15, 0.2) is 67.0 Å². The Morgan fingerprint density at radius 3 is 2.53 bits per heavy atom. The van der Waals surface area contributed by atoms with Crippen LogP contribution in [-0.4, -0.2) is 65.6 Å². The third-order valence-corrected chi connectivity index (χ3v) is 7.70. The molecule has 0 bridgehead atoms. The summed E-state index contributed by atoms with van der Waals surface area (Å²) in [5.74, 6) is 0.434. The SMILES string of the molecule is CC(=O)OC[C@@H](Nc1ncnc2cc(-c3ccc(CN4CCN(C)CC4)cc3)sc12)c1ccccc1. The monoisotopic (exact) mass is 501 g/mol. The maximum absolute atomic E-state index is 11.5. The Morgan fingerprint density at radius 2 is 1.81 bits per heavy atom. The van der Waals surface area contributed by atoms with Crippen molar-refractivity contribution in [3.8, 4) is 10.4 Å². The summed E-state index contributed by atoms with van der Waals surface area (Å²) in [6.07, 6.45) is 1.58. The minimum atomic E-state index is -0.306. The summed E-state index contributed by atoms with van der Waals surface area (Å²) >= 11 is 1.67. The van der Waals surface area contributed by atoms with Crippen LogP contribution in [0.25, 0.3) is 20.7 Å². The van der Waals surface area contributed by atoms with E-state index in [0.29, 0.717) is 0 Å². The highest BCUT2D eigenvalue weighted by atomic mass is 32.1. The molecule has 1 aliphatic rings. The number of likely N-dealkylation sites (N-methyl/N-ethyl adjacent to an activating group) is 1. The van der Waals surface area contributed by atoms with Gasteiger partial charge in [0.1, 0.15) is 18.8 Å². The largest absolute Gasteiger partial charge is 0.463 e. The number of carbonyl (C=O) groups excluding carboxylic acids is 1. The van der Waals surface area contributed by atoms with Gasteiger partial charge in [-0.25, -0.2) is 9.97 Å². The smallest absolute Gasteiger partial charge is 0.302 e. The van der Waals surface area contributed by atoms with Crippen LogP contribution >= 0.6 is 11.3 Å². The van der Waals surface area contributed by atoms with E-state index in [4.69, 9.17) is 4.74 Å². The number of fused-ring (bicyclic) bond motifs is 1. The van der Waals surface area contributed by atoms with Crippen molar-refractivity contribution in [3.05, 3.63) is 78.1 Å². The van der Waals surface area contributed by atoms with E-state index in [1.807, 2.05) is 30.3 Å². The average molecular weight is 502 g/mol. The van der Waals surface area contributed by atoms with E-state index in [0.717, 1.165) is 59.2 Å². The van der Waals surface area contributed by atoms with E-state index in [9.17, 15) is 4.79 Å². The van der Waals surface area contributed by atoms with E-state index in [1.54, 1.807) is 17.7 Å². The fourth-order valence-electron chi connectivity index (χ4n) is 4.41. The van der Waals surface area contributed by atoms with Crippen LogP contribution < -0.4 is 5.32 Å². The number of nitrogens with zero attached hydrogens (tertiary/aromatic N) is 4. The number of hydrogen-bond donors (Lipinski definition) is 1. The number of piperazine rings is 1. The quantitative estimate of drug-likeness (QED) is 0.347. The van der Waals surface area contributed by atoms with Gasteiger partial charge in [0.25, 0.3) is 0 Å². The molecule has 0 radical (unpaired) electrons. The van der Waals surface area contributed by atoms with Gasteiger partial charge in [-0.1, -0.05) is 54.6 Å². The van der Waals surface area contributed by atoms with Crippen molar-refractivity contribution in [3.63, 3.8) is 0 Å². The summed E-state index contributed by atoms with van der Waals surface area (Å²) < 4.78 is 6.32. The van der Waals surface area contributed by atoms with Gasteiger partial charge in [-0.2, -0.15) is 0 Å². The number of thiophene rings is 1. The predicted octanol–water partition coefficient (Wildman–Crippen LogP) is 4.82. The van der Waals surface area contributed by atoms with Crippen LogP contribution in [-0.2, 0) is 16.1 Å². The first-order chi connectivity index (χ1) is 17.5. The topological polar surface area (TPSA) is 70.6 Å². The summed E-state index contributed by atoms with van der Waals surface area (Å²) in [4.78, 5) is 26.6. The first-order valence-electron chi connectivity index (χ1n) is 12.2. The molecule has 8 heteroatoms. The molecule has 1 aliphatic heterocycles. The van der Waals surface area contributed by atoms with E-state index in [1.165, 1.54) is 18.1 Å². The second kappa shape index (κ2) is 11.2. The molecule has 2 aromatic heterocycles. The molecule has 0 unspecified atom stereocenters. The number of esters is 1. The van der Waals surface area contributed by atoms with Crippen molar-refractivity contribution in [2.75, 3.05) is 45.2 Å². The Balaban J connectivity index is 1.35. The minimum Gasteiger partial charge on any atom is -0.463 e. The Labute approximate surface area is 215 Å². The molecule has 2 aromatic carbocycles. The number of ether oxygens (including phenoxy) is 1. The Hall–Kier alpha value is -3.33. The molecule has 1 N–H and O–H groups in total. The van der Waals surface area contributed by atoms with Crippen LogP contribution in [0, 0.1) is 0 Å². The molecular weight excluding hydrogens is 470 g/mol. The molecular formula is C28H31N5O2S. The van der Waals surface area contributed by atoms with E-state index in [2.05, 4.69) is 62.5 Å². The van der Waals surface area contributed by atoms with Gasteiger partial charge in [0.05, 0.1) is 16.3 Å². The van der Waals surface area contributed by atoms with Gasteiger partial charge in [0.15, 0.2) is 0 Å². The van der Waals surface area contributed by atoms with Crippen molar-refractivity contribution in [2.45, 2.75) is 19.5 Å². The summed E-state index contributed by atoms with van der Waals surface area (Å²) in [5, 5.41) is 3.49. The zero-order chi connectivity index (χ0) is 24.9. The van der Waals surface area contributed by atoms with Crippen LogP contribution in [0.1, 0.15) is 24.1 Å². The standard InChI is InChI=1S/C28H31N5O2S/c1-20(34)35-18-25(22-6-4-3-5-7-22)31-28-27-24(29-19-30-28)16-26(36-27)23-10-8-21(9-11-23)17-33-14-12-32(2)13-15-33/h3-11,16,19,25H,12-15,17-18H2,1-2H3,(H,29,30,31)/t25-/m1/s1. The third kappa shape index (κ3) is 5.90. The number of carbonyl (C=O) groups is 1. The van der Waals surface area contributed by atoms with Gasteiger partial charge in [-0.05, 0) is 29.8 Å². The van der Waals surface area contributed by atoms with Gasteiger partial charge < -0.3 is 15.0 Å². The number of aromatic nitrogens is 2. The van der Waals surface area contributed by atoms with Crippen LogP contribution in [0.3, 0.4) is 0 Å². The van der Waals surface area contributed by atoms with Crippen molar-refractivity contribution in [1.82, 2.24) is 19.8 Å². The summed E-state index contributed by atoms with van der Waals surface area (Å²) in [6.45, 7) is 7.12. The molecule has 186 valence electrons. The van der Waals surface area contributed by atoms with E-state index in [-0.39, 0.29) is 18.6 Å². The highest BCUT2D eigenvalue weighted by molar-refractivity contribution is 7.22. The van der Waals surface area contributed by atoms with Crippen molar-refractivity contribution in [1.29, 1.82) is 0 Å². The maximum atomic E-state index is 11.5. The highest BCUT2D eigenvalue weighted by Crippen LogP contribution is 2.36. The first kappa shape index (κ1) is 24.4. The number of anilines is 1. The fraction of sp³-hybridized carbons (Fsp3) is 0.321. The summed E-state index contributed by atoms with van der Waals surface area (Å²) in [7, 11) is 2.18. The molecule has 5 rings (SSSR count). The minimum absolute atomic E-state index is 0.215. The van der Waals surface area contributed by atoms with Crippen molar-refractivity contribution in [2.24, 2.45) is 0 Å². The molecule has 4 aromatic rings. The maximum Gasteiger partial charge on any atom is 0.302 e. The van der Waals surface area contributed by atoms with E-state index < -0.39 is 0 Å². The second-order valence-electron chi connectivity index (χ2n) is 9.23. The molecule has 3 heterocycles. The fourth-order valence-corrected chi connectivity index (χ4v) is 5.48. The van der Waals surface area contributed by atoms with Gasteiger partial charge in [0, 0.05) is 44.5 Å². The lowest BCUT2D eigenvalue weighted by atomic mass is 10.1. The lowest BCUT2D eigenvalue weighted by Gasteiger charge is -2.32. The predicted molar refractivity (Wildman–Crippen MR) is 145 cm³/mol. The van der Waals surface area contributed by atoms with Crippen molar-refractivity contribution >= 4 is 33.3 Å². The van der Waals surface area contributed by atoms with Gasteiger partial charge in [0.2, 0.25) is 0 Å². The molecule has 7 nitrogen and oxygen atoms in total. The van der Waals surface area contributed by atoms with Crippen LogP contribution in [0.2, 0.25) is 0 Å². The number of benzene rings is 2. The highest BCUT2D eigenvalue weighted by Gasteiger charge is 2.18. The van der Waals surface area contributed by atoms with Crippen molar-refractivity contribution < 1.29 is 9.53 Å². The molecule has 36 heavy (non-hydrogen) atoms.